The maximum atomic E-state index is 11.2. The van der Waals surface area contributed by atoms with E-state index in [2.05, 4.69) is 27.4 Å². The second-order valence-electron chi connectivity index (χ2n) is 5.68. The van der Waals surface area contributed by atoms with E-state index in [9.17, 15) is 4.79 Å². The van der Waals surface area contributed by atoms with Gasteiger partial charge in [0.2, 0.25) is 0 Å². The van der Waals surface area contributed by atoms with Crippen molar-refractivity contribution in [1.29, 1.82) is 0 Å². The van der Waals surface area contributed by atoms with E-state index >= 15 is 0 Å². The Bertz CT molecular complexity index is 270. The zero-order valence-electron chi connectivity index (χ0n) is 13.4. The highest BCUT2D eigenvalue weighted by Gasteiger charge is 2.27. The minimum absolute atomic E-state index is 0.250. The summed E-state index contributed by atoms with van der Waals surface area (Å²) in [7, 11) is -1.02. The molecule has 0 radical (unpaired) electrons. The van der Waals surface area contributed by atoms with Crippen LogP contribution in [0.15, 0.2) is 12.2 Å². The van der Waals surface area contributed by atoms with Crippen molar-refractivity contribution in [2.24, 2.45) is 0 Å². The molecule has 0 aliphatic heterocycles. The largest absolute Gasteiger partial charge is 0.462 e. The lowest BCUT2D eigenvalue weighted by Gasteiger charge is -2.29. The number of carbonyl (C=O) groups excluding carboxylic acids is 1. The van der Waals surface area contributed by atoms with Gasteiger partial charge in [-0.05, 0) is 13.3 Å². The Morgan fingerprint density at radius 1 is 1.05 bits per heavy atom. The Hall–Kier alpha value is -0.573. The van der Waals surface area contributed by atoms with Crippen molar-refractivity contribution in [1.82, 2.24) is 0 Å². The van der Waals surface area contributed by atoms with Crippen LogP contribution >= 0.6 is 0 Å². The molecule has 0 aliphatic carbocycles. The highest BCUT2D eigenvalue weighted by atomic mass is 28.3. The second-order valence-corrected chi connectivity index (χ2v) is 11.1. The van der Waals surface area contributed by atoms with Crippen molar-refractivity contribution < 1.29 is 9.53 Å². The molecular weight excluding hydrogens is 252 g/mol. The molecule has 112 valence electrons. The molecule has 0 saturated heterocycles. The SMILES string of the molecule is C=C(C)C(=O)OCCCC[Si](CC)(CC)CCCC. The first kappa shape index (κ1) is 18.4. The summed E-state index contributed by atoms with van der Waals surface area (Å²) in [6.45, 7) is 12.8. The molecule has 0 saturated carbocycles. The van der Waals surface area contributed by atoms with E-state index in [1.165, 1.54) is 43.4 Å². The molecule has 0 amide bonds. The number of rotatable bonds is 11. The topological polar surface area (TPSA) is 26.3 Å². The Morgan fingerprint density at radius 2 is 1.63 bits per heavy atom. The standard InChI is InChI=1S/C16H32O2Si/c1-6-9-13-19(7-2,8-3)14-11-10-12-18-16(17)15(4)5/h4,6-14H2,1-3,5H3. The van der Waals surface area contributed by atoms with Crippen molar-refractivity contribution in [3.63, 3.8) is 0 Å². The fraction of sp³-hybridized carbons (Fsp3) is 0.812. The fourth-order valence-corrected chi connectivity index (χ4v) is 6.79. The zero-order chi connectivity index (χ0) is 14.7. The first-order chi connectivity index (χ1) is 9.01. The maximum Gasteiger partial charge on any atom is 0.333 e. The molecule has 3 heteroatoms. The number of ether oxygens (including phenoxy) is 1. The lowest BCUT2D eigenvalue weighted by Crippen LogP contribution is -2.31. The third kappa shape index (κ3) is 7.56. The van der Waals surface area contributed by atoms with E-state index in [4.69, 9.17) is 4.74 Å². The summed E-state index contributed by atoms with van der Waals surface area (Å²) in [5.41, 5.74) is 0.494. The Labute approximate surface area is 120 Å². The van der Waals surface area contributed by atoms with E-state index in [1.807, 2.05) is 0 Å². The van der Waals surface area contributed by atoms with Gasteiger partial charge in [0.1, 0.15) is 0 Å². The number of unbranched alkanes of at least 4 members (excludes halogenated alkanes) is 2. The van der Waals surface area contributed by atoms with Gasteiger partial charge in [0.15, 0.2) is 0 Å². The third-order valence-corrected chi connectivity index (χ3v) is 10.1. The molecule has 0 atom stereocenters. The Balaban J connectivity index is 3.93. The van der Waals surface area contributed by atoms with Crippen LogP contribution in [0.1, 0.15) is 53.4 Å². The number of carbonyl (C=O) groups is 1. The molecule has 0 fully saturated rings. The van der Waals surface area contributed by atoms with Crippen molar-refractivity contribution >= 4 is 14.0 Å². The van der Waals surface area contributed by atoms with Crippen LogP contribution in [0.2, 0.25) is 24.2 Å². The van der Waals surface area contributed by atoms with Crippen molar-refractivity contribution in [2.75, 3.05) is 6.61 Å². The van der Waals surface area contributed by atoms with Gasteiger partial charge in [0, 0.05) is 5.57 Å². The average Bonchev–Trinajstić information content (AvgIpc) is 2.42. The van der Waals surface area contributed by atoms with E-state index in [0.29, 0.717) is 12.2 Å². The van der Waals surface area contributed by atoms with Crippen molar-refractivity contribution in [3.8, 4) is 0 Å². The van der Waals surface area contributed by atoms with Crippen LogP contribution in [-0.2, 0) is 9.53 Å². The summed E-state index contributed by atoms with van der Waals surface area (Å²) >= 11 is 0. The minimum Gasteiger partial charge on any atom is -0.462 e. The molecule has 0 aromatic heterocycles. The lowest BCUT2D eigenvalue weighted by molar-refractivity contribution is -0.139. The van der Waals surface area contributed by atoms with Gasteiger partial charge in [-0.3, -0.25) is 0 Å². The summed E-state index contributed by atoms with van der Waals surface area (Å²) in [5.74, 6) is -0.250. The first-order valence-electron chi connectivity index (χ1n) is 7.84. The summed E-state index contributed by atoms with van der Waals surface area (Å²) < 4.78 is 5.14. The van der Waals surface area contributed by atoms with Crippen molar-refractivity contribution in [3.05, 3.63) is 12.2 Å². The molecule has 0 rings (SSSR count). The van der Waals surface area contributed by atoms with Gasteiger partial charge >= 0.3 is 5.97 Å². The van der Waals surface area contributed by atoms with E-state index in [1.54, 1.807) is 6.92 Å². The fourth-order valence-electron chi connectivity index (χ4n) is 2.52. The van der Waals surface area contributed by atoms with Crippen LogP contribution in [0.5, 0.6) is 0 Å². The van der Waals surface area contributed by atoms with Gasteiger partial charge in [-0.2, -0.15) is 0 Å². The Morgan fingerprint density at radius 3 is 2.11 bits per heavy atom. The molecule has 0 N–H and O–H groups in total. The number of hydrogen-bond acceptors (Lipinski definition) is 2. The lowest BCUT2D eigenvalue weighted by atomic mass is 10.3. The van der Waals surface area contributed by atoms with Crippen LogP contribution in [0.4, 0.5) is 0 Å². The molecular formula is C16H32O2Si. The summed E-state index contributed by atoms with van der Waals surface area (Å²) in [4.78, 5) is 11.2. The number of hydrogen-bond donors (Lipinski definition) is 0. The van der Waals surface area contributed by atoms with Crippen LogP contribution in [0, 0.1) is 0 Å². The van der Waals surface area contributed by atoms with E-state index < -0.39 is 8.07 Å². The van der Waals surface area contributed by atoms with Gasteiger partial charge in [-0.1, -0.05) is 70.8 Å². The van der Waals surface area contributed by atoms with Gasteiger partial charge in [-0.25, -0.2) is 4.79 Å². The zero-order valence-corrected chi connectivity index (χ0v) is 14.4. The summed E-state index contributed by atoms with van der Waals surface area (Å²) in [5, 5.41) is 0. The van der Waals surface area contributed by atoms with Gasteiger partial charge in [0.05, 0.1) is 14.7 Å². The highest BCUT2D eigenvalue weighted by molar-refractivity contribution is 6.79. The molecule has 0 aliphatic rings. The summed E-state index contributed by atoms with van der Waals surface area (Å²) in [6, 6.07) is 5.66. The summed E-state index contributed by atoms with van der Waals surface area (Å²) in [6.07, 6.45) is 4.91. The smallest absolute Gasteiger partial charge is 0.333 e. The second kappa shape index (κ2) is 10.2. The van der Waals surface area contributed by atoms with Crippen LogP contribution in [-0.4, -0.2) is 20.7 Å². The van der Waals surface area contributed by atoms with Gasteiger partial charge < -0.3 is 4.74 Å². The van der Waals surface area contributed by atoms with Crippen LogP contribution in [0.3, 0.4) is 0 Å². The molecule has 0 unspecified atom stereocenters. The molecule has 0 heterocycles. The maximum absolute atomic E-state index is 11.2. The number of esters is 1. The molecule has 0 spiro atoms. The predicted molar refractivity (Wildman–Crippen MR) is 86.2 cm³/mol. The molecule has 0 bridgehead atoms. The monoisotopic (exact) mass is 284 g/mol. The normalized spacial score (nSPS) is 11.4. The molecule has 2 nitrogen and oxygen atoms in total. The molecule has 0 aromatic carbocycles. The molecule has 0 aromatic rings. The van der Waals surface area contributed by atoms with Crippen molar-refractivity contribution in [2.45, 2.75) is 77.6 Å². The predicted octanol–water partition coefficient (Wildman–Crippen LogP) is 5.17. The first-order valence-corrected chi connectivity index (χ1v) is 10.7. The molecule has 19 heavy (non-hydrogen) atoms. The quantitative estimate of drug-likeness (QED) is 0.226. The van der Waals surface area contributed by atoms with Gasteiger partial charge in [-0.15, -0.1) is 0 Å². The Kier molecular flexibility index (Phi) is 9.93. The van der Waals surface area contributed by atoms with E-state index in [0.717, 1.165) is 6.42 Å². The minimum atomic E-state index is -1.02. The average molecular weight is 285 g/mol. The third-order valence-electron chi connectivity index (χ3n) is 4.24. The van der Waals surface area contributed by atoms with Crippen LogP contribution < -0.4 is 0 Å². The van der Waals surface area contributed by atoms with Crippen LogP contribution in [0.25, 0.3) is 0 Å². The highest BCUT2D eigenvalue weighted by Crippen LogP contribution is 2.29. The van der Waals surface area contributed by atoms with E-state index in [-0.39, 0.29) is 5.97 Å². The van der Waals surface area contributed by atoms with Gasteiger partial charge in [0.25, 0.3) is 0 Å².